The first-order valence-corrected chi connectivity index (χ1v) is 11.8. The summed E-state index contributed by atoms with van der Waals surface area (Å²) in [6, 6.07) is 24.6. The molecule has 0 bridgehead atoms. The lowest BCUT2D eigenvalue weighted by Crippen LogP contribution is -2.27. The molecule has 0 unspecified atom stereocenters. The number of anilines is 2. The molecule has 2 aromatic carbocycles. The maximum atomic E-state index is 4.80. The Labute approximate surface area is 202 Å². The Morgan fingerprint density at radius 2 is 0.886 bits per heavy atom. The molecule has 0 fully saturated rings. The van der Waals surface area contributed by atoms with Crippen LogP contribution in [0.4, 0.5) is 11.6 Å². The molecule has 0 radical (unpaired) electrons. The summed E-state index contributed by atoms with van der Waals surface area (Å²) in [6.07, 6.45) is 3.63. The molecule has 0 atom stereocenters. The first-order valence-electron chi connectivity index (χ1n) is 11.8. The van der Waals surface area contributed by atoms with E-state index in [0.717, 1.165) is 81.4 Å². The number of pyridine rings is 4. The van der Waals surface area contributed by atoms with Crippen LogP contribution >= 0.6 is 0 Å². The van der Waals surface area contributed by atoms with Crippen molar-refractivity contribution in [3.63, 3.8) is 0 Å². The van der Waals surface area contributed by atoms with Crippen LogP contribution in [0, 0.1) is 0 Å². The Morgan fingerprint density at radius 1 is 0.457 bits per heavy atom. The molecule has 172 valence electrons. The second-order valence-electron chi connectivity index (χ2n) is 8.42. The highest BCUT2D eigenvalue weighted by Crippen LogP contribution is 2.24. The first-order chi connectivity index (χ1) is 17.3. The van der Waals surface area contributed by atoms with Crippen molar-refractivity contribution in [1.29, 1.82) is 0 Å². The zero-order valence-electron chi connectivity index (χ0n) is 19.2. The van der Waals surface area contributed by atoms with E-state index in [1.54, 1.807) is 0 Å². The minimum absolute atomic E-state index is 0.780. The van der Waals surface area contributed by atoms with Crippen LogP contribution in [0.5, 0.6) is 0 Å². The van der Waals surface area contributed by atoms with Gasteiger partial charge in [0.1, 0.15) is 11.6 Å². The first kappa shape index (κ1) is 21.2. The second kappa shape index (κ2) is 9.48. The zero-order valence-corrected chi connectivity index (χ0v) is 19.2. The normalized spacial score (nSPS) is 11.4. The monoisotopic (exact) mass is 459 g/mol. The molecule has 7 heteroatoms. The quantitative estimate of drug-likeness (QED) is 0.218. The third kappa shape index (κ3) is 4.41. The third-order valence-electron chi connectivity index (χ3n) is 6.08. The minimum atomic E-state index is 0.780. The maximum Gasteiger partial charge on any atom is 0.126 e. The minimum Gasteiger partial charge on any atom is -0.369 e. The Morgan fingerprint density at radius 3 is 1.37 bits per heavy atom. The van der Waals surface area contributed by atoms with Crippen molar-refractivity contribution < 1.29 is 0 Å². The van der Waals surface area contributed by atoms with Crippen molar-refractivity contribution in [1.82, 2.24) is 25.3 Å². The van der Waals surface area contributed by atoms with E-state index in [0.29, 0.717) is 0 Å². The van der Waals surface area contributed by atoms with Gasteiger partial charge in [-0.05, 0) is 36.4 Å². The average Bonchev–Trinajstić information content (AvgIpc) is 2.92. The molecule has 0 amide bonds. The van der Waals surface area contributed by atoms with E-state index < -0.39 is 0 Å². The highest BCUT2D eigenvalue weighted by molar-refractivity contribution is 6.03. The van der Waals surface area contributed by atoms with Gasteiger partial charge in [-0.25, -0.2) is 9.97 Å². The van der Waals surface area contributed by atoms with Crippen LogP contribution < -0.4 is 16.0 Å². The number of aromatic nitrogens is 4. The van der Waals surface area contributed by atoms with Crippen LogP contribution in [0.2, 0.25) is 0 Å². The molecule has 7 nitrogen and oxygen atoms in total. The van der Waals surface area contributed by atoms with Gasteiger partial charge in [-0.1, -0.05) is 36.4 Å². The predicted molar refractivity (Wildman–Crippen MR) is 144 cm³/mol. The van der Waals surface area contributed by atoms with Gasteiger partial charge in [0.05, 0.1) is 22.1 Å². The number of rotatable bonds is 8. The number of hydrogen-bond donors (Lipinski definition) is 3. The molecule has 6 rings (SSSR count). The summed E-state index contributed by atoms with van der Waals surface area (Å²) in [5.41, 5.74) is 3.72. The molecule has 4 heterocycles. The van der Waals surface area contributed by atoms with Crippen molar-refractivity contribution in [2.24, 2.45) is 0 Å². The lowest BCUT2D eigenvalue weighted by Gasteiger charge is -2.10. The highest BCUT2D eigenvalue weighted by Gasteiger charge is 2.05. The van der Waals surface area contributed by atoms with Crippen molar-refractivity contribution in [3.05, 3.63) is 85.2 Å². The fourth-order valence-electron chi connectivity index (χ4n) is 4.33. The van der Waals surface area contributed by atoms with E-state index in [1.807, 2.05) is 36.7 Å². The van der Waals surface area contributed by atoms with E-state index in [-0.39, 0.29) is 0 Å². The van der Waals surface area contributed by atoms with Crippen LogP contribution in [0.3, 0.4) is 0 Å². The molecule has 6 aromatic rings. The molecule has 0 aliphatic heterocycles. The zero-order chi connectivity index (χ0) is 23.5. The van der Waals surface area contributed by atoms with Crippen molar-refractivity contribution in [2.75, 3.05) is 36.8 Å². The van der Waals surface area contributed by atoms with Gasteiger partial charge in [-0.2, -0.15) is 0 Å². The predicted octanol–water partition coefficient (Wildman–Crippen LogP) is 4.99. The summed E-state index contributed by atoms with van der Waals surface area (Å²) in [5.74, 6) is 1.72. The molecule has 0 saturated heterocycles. The Hall–Kier alpha value is -4.36. The van der Waals surface area contributed by atoms with E-state index in [4.69, 9.17) is 9.97 Å². The van der Waals surface area contributed by atoms with Gasteiger partial charge in [0.25, 0.3) is 0 Å². The van der Waals surface area contributed by atoms with E-state index in [2.05, 4.69) is 74.4 Å². The molecule has 0 aliphatic carbocycles. The molecule has 4 aromatic heterocycles. The molecular formula is C28H25N7. The van der Waals surface area contributed by atoms with Crippen LogP contribution in [0.15, 0.2) is 85.2 Å². The maximum absolute atomic E-state index is 4.80. The molecule has 0 spiro atoms. The van der Waals surface area contributed by atoms with Crippen LogP contribution in [0.25, 0.3) is 43.6 Å². The van der Waals surface area contributed by atoms with Crippen molar-refractivity contribution >= 4 is 55.2 Å². The summed E-state index contributed by atoms with van der Waals surface area (Å²) < 4.78 is 0. The van der Waals surface area contributed by atoms with Gasteiger partial charge < -0.3 is 16.0 Å². The van der Waals surface area contributed by atoms with Gasteiger partial charge in [0.15, 0.2) is 0 Å². The number of nitrogens with one attached hydrogen (secondary N) is 3. The van der Waals surface area contributed by atoms with Gasteiger partial charge in [0, 0.05) is 60.1 Å². The summed E-state index contributed by atoms with van der Waals surface area (Å²) in [4.78, 5) is 18.6. The molecule has 35 heavy (non-hydrogen) atoms. The summed E-state index contributed by atoms with van der Waals surface area (Å²) in [5, 5.41) is 14.7. The Balaban J connectivity index is 1.01. The van der Waals surface area contributed by atoms with Gasteiger partial charge in [0.2, 0.25) is 0 Å². The number of fused-ring (bicyclic) bond motifs is 6. The van der Waals surface area contributed by atoms with E-state index >= 15 is 0 Å². The highest BCUT2D eigenvalue weighted by atomic mass is 15.0. The fourth-order valence-corrected chi connectivity index (χ4v) is 4.33. The Kier molecular flexibility index (Phi) is 5.74. The SMILES string of the molecule is c1cnc2c(c1)ccc1ccc(NCCNCCNc3ccc4ccc5cccnc5c4n3)nc12. The molecule has 0 aliphatic rings. The molecule has 0 saturated carbocycles. The molecule has 3 N–H and O–H groups in total. The van der Waals surface area contributed by atoms with Gasteiger partial charge >= 0.3 is 0 Å². The fraction of sp³-hybridized carbons (Fsp3) is 0.143. The summed E-state index contributed by atoms with van der Waals surface area (Å²) in [6.45, 7) is 3.22. The molecular weight excluding hydrogens is 434 g/mol. The standard InChI is InChI=1S/C28H25N7/c1-3-19-5-7-21-9-11-23(34-27(21)25(19)32-13-1)30-17-15-29-16-18-31-24-12-10-22-8-6-20-4-2-14-33-26(20)28(22)35-24/h1-14,29H,15-18H2,(H,30,34)(H,31,35). The van der Waals surface area contributed by atoms with Crippen LogP contribution in [-0.4, -0.2) is 46.1 Å². The summed E-state index contributed by atoms with van der Waals surface area (Å²) in [7, 11) is 0. The van der Waals surface area contributed by atoms with Crippen LogP contribution in [-0.2, 0) is 0 Å². The van der Waals surface area contributed by atoms with Gasteiger partial charge in [-0.3, -0.25) is 9.97 Å². The van der Waals surface area contributed by atoms with Crippen molar-refractivity contribution in [3.8, 4) is 0 Å². The van der Waals surface area contributed by atoms with Gasteiger partial charge in [-0.15, -0.1) is 0 Å². The topological polar surface area (TPSA) is 87.7 Å². The second-order valence-corrected chi connectivity index (χ2v) is 8.42. The number of benzene rings is 2. The lowest BCUT2D eigenvalue weighted by atomic mass is 10.1. The number of nitrogens with zero attached hydrogens (tertiary/aromatic N) is 4. The van der Waals surface area contributed by atoms with Crippen molar-refractivity contribution in [2.45, 2.75) is 0 Å². The Bertz CT molecular complexity index is 1520. The smallest absolute Gasteiger partial charge is 0.126 e. The van der Waals surface area contributed by atoms with E-state index in [1.165, 1.54) is 0 Å². The average molecular weight is 460 g/mol. The van der Waals surface area contributed by atoms with E-state index in [9.17, 15) is 0 Å². The third-order valence-corrected chi connectivity index (χ3v) is 6.08. The lowest BCUT2D eigenvalue weighted by molar-refractivity contribution is 0.717. The number of hydrogen-bond acceptors (Lipinski definition) is 7. The van der Waals surface area contributed by atoms with Crippen LogP contribution in [0.1, 0.15) is 0 Å². The summed E-state index contributed by atoms with van der Waals surface area (Å²) >= 11 is 0. The largest absolute Gasteiger partial charge is 0.369 e.